The summed E-state index contributed by atoms with van der Waals surface area (Å²) >= 11 is 0. The Kier molecular flexibility index (Phi) is 3.88. The van der Waals surface area contributed by atoms with Crippen LogP contribution < -0.4 is 10.5 Å². The van der Waals surface area contributed by atoms with E-state index < -0.39 is 0 Å². The molecule has 2 aromatic rings. The highest BCUT2D eigenvalue weighted by Gasteiger charge is 2.27. The predicted molar refractivity (Wildman–Crippen MR) is 81.2 cm³/mol. The Labute approximate surface area is 124 Å². The van der Waals surface area contributed by atoms with E-state index in [1.807, 2.05) is 54.6 Å². The number of rotatable bonds is 4. The van der Waals surface area contributed by atoms with Crippen molar-refractivity contribution in [3.63, 3.8) is 0 Å². The number of ether oxygens (including phenoxy) is 1. The summed E-state index contributed by atoms with van der Waals surface area (Å²) in [7, 11) is 0. The van der Waals surface area contributed by atoms with Gasteiger partial charge in [0.1, 0.15) is 11.5 Å². The second kappa shape index (κ2) is 5.97. The summed E-state index contributed by atoms with van der Waals surface area (Å²) in [5, 5.41) is 0. The van der Waals surface area contributed by atoms with Gasteiger partial charge < -0.3 is 15.4 Å². The Bertz CT molecular complexity index is 604. The first-order valence-electron chi connectivity index (χ1n) is 7.06. The van der Waals surface area contributed by atoms with Crippen LogP contribution in [-0.4, -0.2) is 29.9 Å². The summed E-state index contributed by atoms with van der Waals surface area (Å²) in [6.07, 6.45) is 0.415. The second-order valence-electron chi connectivity index (χ2n) is 5.29. The Morgan fingerprint density at radius 3 is 2.29 bits per heavy atom. The zero-order valence-electron chi connectivity index (χ0n) is 11.7. The third kappa shape index (κ3) is 3.41. The number of likely N-dealkylation sites (tertiary alicyclic amines) is 1. The van der Waals surface area contributed by atoms with E-state index in [2.05, 4.69) is 0 Å². The fourth-order valence-electron chi connectivity index (χ4n) is 2.30. The minimum atomic E-state index is 0.133. The zero-order chi connectivity index (χ0) is 14.7. The average Bonchev–Trinajstić information content (AvgIpc) is 2.47. The number of hydrogen-bond acceptors (Lipinski definition) is 3. The topological polar surface area (TPSA) is 55.6 Å². The van der Waals surface area contributed by atoms with Crippen LogP contribution in [0.3, 0.4) is 0 Å². The first-order chi connectivity index (χ1) is 10.2. The minimum Gasteiger partial charge on any atom is -0.457 e. The maximum atomic E-state index is 12.0. The van der Waals surface area contributed by atoms with Gasteiger partial charge in [-0.3, -0.25) is 4.79 Å². The van der Waals surface area contributed by atoms with Gasteiger partial charge in [-0.15, -0.1) is 0 Å². The van der Waals surface area contributed by atoms with Crippen LogP contribution in [0, 0.1) is 0 Å². The van der Waals surface area contributed by atoms with E-state index >= 15 is 0 Å². The molecule has 0 atom stereocenters. The third-order valence-corrected chi connectivity index (χ3v) is 3.52. The van der Waals surface area contributed by atoms with Crippen molar-refractivity contribution >= 4 is 5.91 Å². The molecule has 1 aliphatic heterocycles. The number of nitrogens with zero attached hydrogens (tertiary/aromatic N) is 1. The molecule has 21 heavy (non-hydrogen) atoms. The van der Waals surface area contributed by atoms with Gasteiger partial charge in [-0.2, -0.15) is 0 Å². The normalized spacial score (nSPS) is 14.6. The summed E-state index contributed by atoms with van der Waals surface area (Å²) < 4.78 is 5.72. The number of amides is 1. The van der Waals surface area contributed by atoms with Crippen LogP contribution in [0.15, 0.2) is 54.6 Å². The summed E-state index contributed by atoms with van der Waals surface area (Å²) in [5.74, 6) is 1.70. The largest absolute Gasteiger partial charge is 0.457 e. The van der Waals surface area contributed by atoms with Crippen molar-refractivity contribution in [1.29, 1.82) is 0 Å². The maximum absolute atomic E-state index is 12.0. The number of hydrogen-bond donors (Lipinski definition) is 1. The Morgan fingerprint density at radius 1 is 1.05 bits per heavy atom. The van der Waals surface area contributed by atoms with Crippen molar-refractivity contribution in [2.75, 3.05) is 13.1 Å². The van der Waals surface area contributed by atoms with Crippen molar-refractivity contribution in [3.05, 3.63) is 60.2 Å². The molecule has 2 aromatic carbocycles. The van der Waals surface area contributed by atoms with E-state index in [1.54, 1.807) is 4.90 Å². The smallest absolute Gasteiger partial charge is 0.227 e. The number of carbonyl (C=O) groups is 1. The molecule has 0 aliphatic carbocycles. The highest BCUT2D eigenvalue weighted by atomic mass is 16.5. The van der Waals surface area contributed by atoms with E-state index in [0.29, 0.717) is 19.5 Å². The summed E-state index contributed by atoms with van der Waals surface area (Å²) in [6, 6.07) is 17.4. The Balaban J connectivity index is 1.58. The van der Waals surface area contributed by atoms with Crippen LogP contribution in [0.2, 0.25) is 0 Å². The van der Waals surface area contributed by atoms with Gasteiger partial charge in [-0.1, -0.05) is 30.3 Å². The van der Waals surface area contributed by atoms with Gasteiger partial charge in [-0.05, 0) is 29.8 Å². The molecule has 4 nitrogen and oxygen atoms in total. The van der Waals surface area contributed by atoms with Crippen molar-refractivity contribution in [2.24, 2.45) is 5.73 Å². The van der Waals surface area contributed by atoms with Gasteiger partial charge in [-0.25, -0.2) is 0 Å². The van der Waals surface area contributed by atoms with E-state index in [0.717, 1.165) is 17.1 Å². The first kappa shape index (κ1) is 13.6. The average molecular weight is 282 g/mol. The first-order valence-corrected chi connectivity index (χ1v) is 7.06. The molecule has 0 radical (unpaired) electrons. The number of carbonyl (C=O) groups excluding carboxylic acids is 1. The molecule has 3 rings (SSSR count). The Morgan fingerprint density at radius 2 is 1.67 bits per heavy atom. The molecule has 1 amide bonds. The lowest BCUT2D eigenvalue weighted by atomic mass is 10.1. The standard InChI is InChI=1S/C17H18N2O2/c18-14-11-19(12-14)17(20)10-13-6-8-16(9-7-13)21-15-4-2-1-3-5-15/h1-9,14H,10-12,18H2. The molecule has 0 unspecified atom stereocenters. The van der Waals surface area contributed by atoms with Crippen LogP contribution in [0.25, 0.3) is 0 Å². The van der Waals surface area contributed by atoms with Crippen LogP contribution >= 0.6 is 0 Å². The zero-order valence-corrected chi connectivity index (χ0v) is 11.7. The highest BCUT2D eigenvalue weighted by molar-refractivity contribution is 5.79. The molecule has 1 saturated heterocycles. The third-order valence-electron chi connectivity index (χ3n) is 3.52. The van der Waals surface area contributed by atoms with Gasteiger partial charge in [0.2, 0.25) is 5.91 Å². The molecule has 0 aromatic heterocycles. The summed E-state index contributed by atoms with van der Waals surface area (Å²) in [4.78, 5) is 13.7. The number of para-hydroxylation sites is 1. The van der Waals surface area contributed by atoms with Crippen LogP contribution in [0.5, 0.6) is 11.5 Å². The fraction of sp³-hybridized carbons (Fsp3) is 0.235. The molecule has 1 fully saturated rings. The van der Waals surface area contributed by atoms with Crippen molar-refractivity contribution in [2.45, 2.75) is 12.5 Å². The monoisotopic (exact) mass is 282 g/mol. The molecule has 0 saturated carbocycles. The van der Waals surface area contributed by atoms with E-state index in [-0.39, 0.29) is 11.9 Å². The van der Waals surface area contributed by atoms with E-state index in [4.69, 9.17) is 10.5 Å². The SMILES string of the molecule is NC1CN(C(=O)Cc2ccc(Oc3ccccc3)cc2)C1. The van der Waals surface area contributed by atoms with Crippen molar-refractivity contribution < 1.29 is 9.53 Å². The fourth-order valence-corrected chi connectivity index (χ4v) is 2.30. The molecular formula is C17H18N2O2. The van der Waals surface area contributed by atoms with Crippen LogP contribution in [0.4, 0.5) is 0 Å². The van der Waals surface area contributed by atoms with Gasteiger partial charge in [0.15, 0.2) is 0 Å². The van der Waals surface area contributed by atoms with E-state index in [1.165, 1.54) is 0 Å². The maximum Gasteiger partial charge on any atom is 0.227 e. The molecule has 108 valence electrons. The van der Waals surface area contributed by atoms with Gasteiger partial charge in [0.25, 0.3) is 0 Å². The van der Waals surface area contributed by atoms with Crippen LogP contribution in [0.1, 0.15) is 5.56 Å². The molecule has 1 heterocycles. The van der Waals surface area contributed by atoms with E-state index in [9.17, 15) is 4.79 Å². The lowest BCUT2D eigenvalue weighted by Gasteiger charge is -2.36. The second-order valence-corrected chi connectivity index (χ2v) is 5.29. The predicted octanol–water partition coefficient (Wildman–Crippen LogP) is 2.19. The molecule has 1 aliphatic rings. The van der Waals surface area contributed by atoms with Gasteiger partial charge in [0.05, 0.1) is 6.42 Å². The quantitative estimate of drug-likeness (QED) is 0.935. The molecule has 0 spiro atoms. The number of benzene rings is 2. The molecular weight excluding hydrogens is 264 g/mol. The highest BCUT2D eigenvalue weighted by Crippen LogP contribution is 2.21. The van der Waals surface area contributed by atoms with Gasteiger partial charge >= 0.3 is 0 Å². The van der Waals surface area contributed by atoms with Crippen LogP contribution in [-0.2, 0) is 11.2 Å². The molecule has 2 N–H and O–H groups in total. The lowest BCUT2D eigenvalue weighted by Crippen LogP contribution is -2.58. The number of nitrogens with two attached hydrogens (primary N) is 1. The summed E-state index contributed by atoms with van der Waals surface area (Å²) in [6.45, 7) is 1.35. The van der Waals surface area contributed by atoms with Crippen molar-refractivity contribution in [1.82, 2.24) is 4.90 Å². The Hall–Kier alpha value is -2.33. The summed E-state index contributed by atoms with van der Waals surface area (Å²) in [5.41, 5.74) is 6.67. The van der Waals surface area contributed by atoms with Gasteiger partial charge in [0, 0.05) is 19.1 Å². The molecule has 0 bridgehead atoms. The lowest BCUT2D eigenvalue weighted by molar-refractivity contribution is -0.134. The minimum absolute atomic E-state index is 0.133. The van der Waals surface area contributed by atoms with Crippen molar-refractivity contribution in [3.8, 4) is 11.5 Å². The molecule has 4 heteroatoms.